The fraction of sp³-hybridized carbons (Fsp3) is 0.188. The number of carbonyl (C=O) groups excluding carboxylic acids is 1. The molecule has 0 heterocycles. The van der Waals surface area contributed by atoms with Crippen LogP contribution in [0.15, 0.2) is 40.9 Å². The van der Waals surface area contributed by atoms with Gasteiger partial charge in [-0.05, 0) is 36.8 Å². The van der Waals surface area contributed by atoms with Crippen LogP contribution in [-0.4, -0.2) is 11.2 Å². The number of nitrogens with one attached hydrogen (secondary N) is 1. The third-order valence-corrected chi connectivity index (χ3v) is 4.99. The second kappa shape index (κ2) is 7.88. The van der Waals surface area contributed by atoms with Crippen molar-refractivity contribution in [3.63, 3.8) is 0 Å². The van der Waals surface area contributed by atoms with Crippen LogP contribution in [-0.2, 0) is 10.5 Å². The zero-order valence-corrected chi connectivity index (χ0v) is 14.5. The van der Waals surface area contributed by atoms with Crippen molar-refractivity contribution in [3.8, 4) is 0 Å². The summed E-state index contributed by atoms with van der Waals surface area (Å²) < 4.78 is 40.2. The molecule has 2 nitrogen and oxygen atoms in total. The summed E-state index contributed by atoms with van der Waals surface area (Å²) in [6.07, 6.45) is 0. The summed E-state index contributed by atoms with van der Waals surface area (Å²) >= 11 is 4.57. The van der Waals surface area contributed by atoms with Gasteiger partial charge in [0.25, 0.3) is 0 Å². The minimum atomic E-state index is -0.696. The molecule has 0 radical (unpaired) electrons. The predicted molar refractivity (Wildman–Crippen MR) is 89.8 cm³/mol. The zero-order chi connectivity index (χ0) is 17.0. The third-order valence-electron chi connectivity index (χ3n) is 3.06. The van der Waals surface area contributed by atoms with Gasteiger partial charge >= 0.3 is 0 Å². The number of carbonyl (C=O) groups is 1. The molecule has 1 N–H and O–H groups in total. The summed E-state index contributed by atoms with van der Waals surface area (Å²) in [4.78, 5) is 12.0. The van der Waals surface area contributed by atoms with Gasteiger partial charge in [0.15, 0.2) is 0 Å². The van der Waals surface area contributed by atoms with Crippen LogP contribution in [0.5, 0.6) is 0 Å². The Morgan fingerprint density at radius 2 is 1.83 bits per heavy atom. The predicted octanol–water partition coefficient (Wildman–Crippen LogP) is 5.13. The molecule has 0 spiro atoms. The molecule has 0 aromatic heterocycles. The minimum Gasteiger partial charge on any atom is -0.323 e. The van der Waals surface area contributed by atoms with Gasteiger partial charge in [-0.1, -0.05) is 22.0 Å². The first-order valence-electron chi connectivity index (χ1n) is 6.68. The molecule has 1 atom stereocenters. The second-order valence-electron chi connectivity index (χ2n) is 4.80. The number of thioether (sulfide) groups is 1. The van der Waals surface area contributed by atoms with E-state index in [9.17, 15) is 18.0 Å². The number of hydrogen-bond acceptors (Lipinski definition) is 2. The van der Waals surface area contributed by atoms with Crippen LogP contribution in [0.3, 0.4) is 0 Å². The molecule has 0 aliphatic carbocycles. The fourth-order valence-electron chi connectivity index (χ4n) is 1.76. The van der Waals surface area contributed by atoms with Gasteiger partial charge in [0.2, 0.25) is 5.91 Å². The number of benzene rings is 2. The van der Waals surface area contributed by atoms with Gasteiger partial charge in [0, 0.05) is 16.3 Å². The Bertz CT molecular complexity index is 726. The normalized spacial score (nSPS) is 12.0. The Labute approximate surface area is 144 Å². The topological polar surface area (TPSA) is 29.1 Å². The average Bonchev–Trinajstić information content (AvgIpc) is 2.49. The van der Waals surface area contributed by atoms with E-state index in [1.165, 1.54) is 23.9 Å². The van der Waals surface area contributed by atoms with Crippen LogP contribution < -0.4 is 5.32 Å². The average molecular weight is 404 g/mol. The highest BCUT2D eigenvalue weighted by molar-refractivity contribution is 9.10. The van der Waals surface area contributed by atoms with E-state index in [1.54, 1.807) is 13.0 Å². The molecule has 0 saturated heterocycles. The molecule has 0 bridgehead atoms. The van der Waals surface area contributed by atoms with Crippen molar-refractivity contribution in [1.29, 1.82) is 0 Å². The third kappa shape index (κ3) is 5.00. The van der Waals surface area contributed by atoms with E-state index in [1.807, 2.05) is 0 Å². The molecule has 7 heteroatoms. The monoisotopic (exact) mass is 403 g/mol. The van der Waals surface area contributed by atoms with E-state index < -0.39 is 22.8 Å². The molecular formula is C16H13BrF3NOS. The van der Waals surface area contributed by atoms with Gasteiger partial charge in [-0.3, -0.25) is 4.79 Å². The molecule has 0 aliphatic rings. The van der Waals surface area contributed by atoms with Gasteiger partial charge < -0.3 is 5.32 Å². The Morgan fingerprint density at radius 1 is 1.17 bits per heavy atom. The zero-order valence-electron chi connectivity index (χ0n) is 12.1. The Morgan fingerprint density at radius 3 is 2.52 bits per heavy atom. The molecule has 2 aromatic rings. The van der Waals surface area contributed by atoms with Gasteiger partial charge in [-0.15, -0.1) is 11.8 Å². The van der Waals surface area contributed by atoms with E-state index in [4.69, 9.17) is 0 Å². The maximum atomic E-state index is 13.5. The van der Waals surface area contributed by atoms with Crippen LogP contribution in [0, 0.1) is 17.5 Å². The van der Waals surface area contributed by atoms with Crippen molar-refractivity contribution < 1.29 is 18.0 Å². The highest BCUT2D eigenvalue weighted by Crippen LogP contribution is 2.26. The first kappa shape index (κ1) is 17.9. The quantitative estimate of drug-likeness (QED) is 0.749. The maximum Gasteiger partial charge on any atom is 0.237 e. The first-order chi connectivity index (χ1) is 10.9. The van der Waals surface area contributed by atoms with Gasteiger partial charge in [-0.25, -0.2) is 13.2 Å². The molecule has 1 unspecified atom stereocenters. The summed E-state index contributed by atoms with van der Waals surface area (Å²) in [5, 5.41) is 1.87. The largest absolute Gasteiger partial charge is 0.323 e. The fourth-order valence-corrected chi connectivity index (χ4v) is 3.33. The van der Waals surface area contributed by atoms with Crippen LogP contribution in [0.25, 0.3) is 0 Å². The van der Waals surface area contributed by atoms with E-state index in [-0.39, 0.29) is 11.5 Å². The summed E-state index contributed by atoms with van der Waals surface area (Å²) in [5.74, 6) is -1.63. The van der Waals surface area contributed by atoms with Crippen molar-refractivity contribution >= 4 is 39.3 Å². The second-order valence-corrected chi connectivity index (χ2v) is 6.99. The maximum absolute atomic E-state index is 13.5. The number of rotatable bonds is 5. The van der Waals surface area contributed by atoms with Crippen molar-refractivity contribution in [2.24, 2.45) is 0 Å². The highest BCUT2D eigenvalue weighted by atomic mass is 79.9. The number of hydrogen-bond donors (Lipinski definition) is 1. The van der Waals surface area contributed by atoms with Crippen LogP contribution in [0.2, 0.25) is 0 Å². The highest BCUT2D eigenvalue weighted by Gasteiger charge is 2.16. The van der Waals surface area contributed by atoms with Crippen molar-refractivity contribution in [2.45, 2.75) is 17.9 Å². The van der Waals surface area contributed by atoms with Crippen molar-refractivity contribution in [1.82, 2.24) is 0 Å². The van der Waals surface area contributed by atoms with Gasteiger partial charge in [0.05, 0.1) is 10.9 Å². The summed E-state index contributed by atoms with van der Waals surface area (Å²) in [6, 6.07) is 7.19. The lowest BCUT2D eigenvalue weighted by Gasteiger charge is -2.13. The number of amides is 1. The lowest BCUT2D eigenvalue weighted by Crippen LogP contribution is -2.23. The molecule has 23 heavy (non-hydrogen) atoms. The molecule has 2 rings (SSSR count). The van der Waals surface area contributed by atoms with Crippen molar-refractivity contribution in [2.75, 3.05) is 5.32 Å². The van der Waals surface area contributed by atoms with Gasteiger partial charge in [-0.2, -0.15) is 0 Å². The number of anilines is 1. The Kier molecular flexibility index (Phi) is 6.12. The van der Waals surface area contributed by atoms with E-state index in [0.717, 1.165) is 23.8 Å². The summed E-state index contributed by atoms with van der Waals surface area (Å²) in [5.41, 5.74) is 0.651. The minimum absolute atomic E-state index is 0.189. The Balaban J connectivity index is 1.96. The SMILES string of the molecule is CC(SCc1ccc(F)cc1Br)C(=O)Nc1cc(F)ccc1F. The lowest BCUT2D eigenvalue weighted by atomic mass is 10.2. The molecular weight excluding hydrogens is 391 g/mol. The molecule has 0 saturated carbocycles. The standard InChI is InChI=1S/C16H13BrF3NOS/c1-9(23-8-10-2-3-11(18)6-13(10)17)16(22)21-15-7-12(19)4-5-14(15)20/h2-7,9H,8H2,1H3,(H,21,22). The smallest absolute Gasteiger partial charge is 0.237 e. The molecule has 1 amide bonds. The van der Waals surface area contributed by atoms with E-state index in [2.05, 4.69) is 21.2 Å². The van der Waals surface area contributed by atoms with Crippen LogP contribution >= 0.6 is 27.7 Å². The molecule has 0 aliphatic heterocycles. The van der Waals surface area contributed by atoms with Crippen LogP contribution in [0.1, 0.15) is 12.5 Å². The molecule has 0 fully saturated rings. The van der Waals surface area contributed by atoms with Crippen molar-refractivity contribution in [3.05, 3.63) is 63.9 Å². The number of halogens is 4. The van der Waals surface area contributed by atoms with E-state index >= 15 is 0 Å². The Hall–Kier alpha value is -1.47. The molecule has 122 valence electrons. The summed E-state index contributed by atoms with van der Waals surface area (Å²) in [7, 11) is 0. The lowest BCUT2D eigenvalue weighted by molar-refractivity contribution is -0.115. The summed E-state index contributed by atoms with van der Waals surface area (Å²) in [6.45, 7) is 1.66. The van der Waals surface area contributed by atoms with Crippen LogP contribution in [0.4, 0.5) is 18.9 Å². The molecule has 2 aromatic carbocycles. The van der Waals surface area contributed by atoms with Gasteiger partial charge in [0.1, 0.15) is 17.5 Å². The first-order valence-corrected chi connectivity index (χ1v) is 8.52. The van der Waals surface area contributed by atoms with E-state index in [0.29, 0.717) is 10.2 Å².